The maximum Gasteiger partial charge on any atom is 0.0406 e. The lowest BCUT2D eigenvalue weighted by Crippen LogP contribution is -2.33. The summed E-state index contributed by atoms with van der Waals surface area (Å²) in [6, 6.07) is 8.32. The third-order valence-electron chi connectivity index (χ3n) is 3.30. The van der Waals surface area contributed by atoms with E-state index in [0.717, 1.165) is 18.1 Å². The van der Waals surface area contributed by atoms with Crippen molar-refractivity contribution in [1.29, 1.82) is 0 Å². The molecule has 0 heterocycles. The van der Waals surface area contributed by atoms with Gasteiger partial charge in [-0.25, -0.2) is 0 Å². The van der Waals surface area contributed by atoms with Crippen LogP contribution in [-0.2, 0) is 0 Å². The molecular weight excluding hydrogens is 232 g/mol. The third kappa shape index (κ3) is 4.66. The van der Waals surface area contributed by atoms with Gasteiger partial charge in [-0.3, -0.25) is 0 Å². The second-order valence-electron chi connectivity index (χ2n) is 4.92. The molecule has 1 rings (SSSR count). The highest BCUT2D eigenvalue weighted by Gasteiger charge is 2.13. The molecule has 17 heavy (non-hydrogen) atoms. The summed E-state index contributed by atoms with van der Waals surface area (Å²) < 4.78 is 0. The Morgan fingerprint density at radius 3 is 2.24 bits per heavy atom. The molecule has 0 fully saturated rings. The molecule has 0 amide bonds. The first-order chi connectivity index (χ1) is 8.04. The van der Waals surface area contributed by atoms with Crippen LogP contribution in [0.5, 0.6) is 0 Å². The quantitative estimate of drug-likeness (QED) is 0.818. The molecule has 0 bridgehead atoms. The Morgan fingerprint density at radius 1 is 1.18 bits per heavy atom. The highest BCUT2D eigenvalue weighted by Crippen LogP contribution is 2.17. The van der Waals surface area contributed by atoms with Gasteiger partial charge in [0.2, 0.25) is 0 Å². The largest absolute Gasteiger partial charge is 0.330 e. The van der Waals surface area contributed by atoms with E-state index >= 15 is 0 Å². The van der Waals surface area contributed by atoms with E-state index in [1.165, 1.54) is 5.56 Å². The summed E-state index contributed by atoms with van der Waals surface area (Å²) in [4.78, 5) is 0. The maximum atomic E-state index is 5.87. The van der Waals surface area contributed by atoms with E-state index in [4.69, 9.17) is 17.3 Å². The Bertz CT molecular complexity index is 321. The van der Waals surface area contributed by atoms with Crippen LogP contribution in [0.4, 0.5) is 0 Å². The molecule has 0 spiro atoms. The standard InChI is InChI=1S/C14H23ClN2/c1-10(2)13(8-16)9-17-11(3)12-4-6-14(15)7-5-12/h4-7,10-11,13,17H,8-9,16H2,1-3H3/t11-,13?/m0/s1. The number of hydrogen-bond acceptors (Lipinski definition) is 2. The lowest BCUT2D eigenvalue weighted by atomic mass is 9.95. The molecule has 0 aromatic heterocycles. The average molecular weight is 255 g/mol. The minimum Gasteiger partial charge on any atom is -0.330 e. The number of rotatable bonds is 6. The summed E-state index contributed by atoms with van der Waals surface area (Å²) >= 11 is 5.87. The summed E-state index contributed by atoms with van der Waals surface area (Å²) in [6.07, 6.45) is 0. The van der Waals surface area contributed by atoms with Crippen molar-refractivity contribution in [3.63, 3.8) is 0 Å². The Labute approximate surface area is 110 Å². The summed E-state index contributed by atoms with van der Waals surface area (Å²) in [5, 5.41) is 4.31. The number of nitrogens with two attached hydrogens (primary N) is 1. The molecule has 2 nitrogen and oxygen atoms in total. The molecule has 96 valence electrons. The van der Waals surface area contributed by atoms with Crippen molar-refractivity contribution in [2.75, 3.05) is 13.1 Å². The van der Waals surface area contributed by atoms with Gasteiger partial charge in [0.1, 0.15) is 0 Å². The van der Waals surface area contributed by atoms with Crippen LogP contribution in [0.25, 0.3) is 0 Å². The van der Waals surface area contributed by atoms with Gasteiger partial charge in [0, 0.05) is 11.1 Å². The van der Waals surface area contributed by atoms with Crippen LogP contribution in [0.15, 0.2) is 24.3 Å². The van der Waals surface area contributed by atoms with E-state index in [1.807, 2.05) is 12.1 Å². The van der Waals surface area contributed by atoms with E-state index in [2.05, 4.69) is 38.2 Å². The molecule has 0 aliphatic carbocycles. The summed E-state index contributed by atoms with van der Waals surface area (Å²) in [5.74, 6) is 1.15. The maximum absolute atomic E-state index is 5.87. The van der Waals surface area contributed by atoms with Gasteiger partial charge in [-0.05, 0) is 49.5 Å². The van der Waals surface area contributed by atoms with Crippen molar-refractivity contribution in [3.8, 4) is 0 Å². The van der Waals surface area contributed by atoms with Crippen molar-refractivity contribution in [1.82, 2.24) is 5.32 Å². The van der Waals surface area contributed by atoms with E-state index in [-0.39, 0.29) is 0 Å². The Balaban J connectivity index is 2.49. The second kappa shape index (κ2) is 7.00. The number of hydrogen-bond donors (Lipinski definition) is 2. The zero-order valence-corrected chi connectivity index (χ0v) is 11.7. The highest BCUT2D eigenvalue weighted by molar-refractivity contribution is 6.30. The van der Waals surface area contributed by atoms with Crippen LogP contribution in [0.2, 0.25) is 5.02 Å². The molecule has 0 aliphatic rings. The summed E-state index contributed by atoms with van der Waals surface area (Å²) in [5.41, 5.74) is 7.02. The van der Waals surface area contributed by atoms with Gasteiger partial charge in [-0.2, -0.15) is 0 Å². The van der Waals surface area contributed by atoms with Gasteiger partial charge >= 0.3 is 0 Å². The smallest absolute Gasteiger partial charge is 0.0406 e. The Morgan fingerprint density at radius 2 is 1.76 bits per heavy atom. The van der Waals surface area contributed by atoms with Gasteiger partial charge in [-0.1, -0.05) is 37.6 Å². The van der Waals surface area contributed by atoms with E-state index in [9.17, 15) is 0 Å². The van der Waals surface area contributed by atoms with E-state index < -0.39 is 0 Å². The van der Waals surface area contributed by atoms with Crippen LogP contribution in [0.3, 0.4) is 0 Å². The van der Waals surface area contributed by atoms with Crippen LogP contribution >= 0.6 is 11.6 Å². The molecule has 0 saturated heterocycles. The first kappa shape index (κ1) is 14.5. The van der Waals surface area contributed by atoms with Gasteiger partial charge in [0.05, 0.1) is 0 Å². The molecule has 0 aliphatic heterocycles. The molecule has 3 N–H and O–H groups in total. The van der Waals surface area contributed by atoms with Gasteiger partial charge in [-0.15, -0.1) is 0 Å². The lowest BCUT2D eigenvalue weighted by molar-refractivity contribution is 0.356. The van der Waals surface area contributed by atoms with Crippen molar-refractivity contribution in [2.45, 2.75) is 26.8 Å². The number of halogens is 1. The summed E-state index contributed by atoms with van der Waals surface area (Å²) in [7, 11) is 0. The molecule has 1 unspecified atom stereocenters. The minimum absolute atomic E-state index is 0.333. The zero-order chi connectivity index (χ0) is 12.8. The predicted octanol–water partition coefficient (Wildman–Crippen LogP) is 3.22. The normalized spacial score (nSPS) is 14.9. The van der Waals surface area contributed by atoms with Crippen molar-refractivity contribution in [3.05, 3.63) is 34.9 Å². The van der Waals surface area contributed by atoms with Crippen LogP contribution < -0.4 is 11.1 Å². The fourth-order valence-electron chi connectivity index (χ4n) is 1.79. The minimum atomic E-state index is 0.333. The molecule has 2 atom stereocenters. The highest BCUT2D eigenvalue weighted by atomic mass is 35.5. The third-order valence-corrected chi connectivity index (χ3v) is 3.55. The van der Waals surface area contributed by atoms with Crippen molar-refractivity contribution >= 4 is 11.6 Å². The van der Waals surface area contributed by atoms with E-state index in [1.54, 1.807) is 0 Å². The Hall–Kier alpha value is -0.570. The summed E-state index contributed by atoms with van der Waals surface area (Å²) in [6.45, 7) is 8.28. The molecule has 0 radical (unpaired) electrons. The van der Waals surface area contributed by atoms with Crippen molar-refractivity contribution in [2.24, 2.45) is 17.6 Å². The molecule has 0 saturated carbocycles. The SMILES string of the molecule is CC(C)C(CN)CN[C@@H](C)c1ccc(Cl)cc1. The fourth-order valence-corrected chi connectivity index (χ4v) is 1.91. The van der Waals surface area contributed by atoms with E-state index in [0.29, 0.717) is 17.9 Å². The number of nitrogens with one attached hydrogen (secondary N) is 1. The van der Waals surface area contributed by atoms with Crippen LogP contribution in [0, 0.1) is 11.8 Å². The fraction of sp³-hybridized carbons (Fsp3) is 0.571. The van der Waals surface area contributed by atoms with Crippen molar-refractivity contribution < 1.29 is 0 Å². The first-order valence-corrected chi connectivity index (χ1v) is 6.61. The lowest BCUT2D eigenvalue weighted by Gasteiger charge is -2.22. The van der Waals surface area contributed by atoms with Crippen LogP contribution in [-0.4, -0.2) is 13.1 Å². The monoisotopic (exact) mass is 254 g/mol. The van der Waals surface area contributed by atoms with Gasteiger partial charge < -0.3 is 11.1 Å². The number of benzene rings is 1. The topological polar surface area (TPSA) is 38.0 Å². The molecule has 1 aromatic carbocycles. The average Bonchev–Trinajstić information content (AvgIpc) is 2.30. The van der Waals surface area contributed by atoms with Crippen LogP contribution in [0.1, 0.15) is 32.4 Å². The Kier molecular flexibility index (Phi) is 5.96. The second-order valence-corrected chi connectivity index (χ2v) is 5.36. The van der Waals surface area contributed by atoms with Gasteiger partial charge in [0.25, 0.3) is 0 Å². The zero-order valence-electron chi connectivity index (χ0n) is 10.9. The first-order valence-electron chi connectivity index (χ1n) is 6.23. The predicted molar refractivity (Wildman–Crippen MR) is 75.3 cm³/mol. The molecule has 3 heteroatoms. The molecular formula is C14H23ClN2. The van der Waals surface area contributed by atoms with Gasteiger partial charge in [0.15, 0.2) is 0 Å². The molecule has 1 aromatic rings.